The first-order valence-corrected chi connectivity index (χ1v) is 7.56. The van der Waals surface area contributed by atoms with Gasteiger partial charge in [-0.25, -0.2) is 0 Å². The van der Waals surface area contributed by atoms with Gasteiger partial charge in [0.1, 0.15) is 18.0 Å². The zero-order chi connectivity index (χ0) is 16.7. The molecule has 1 heterocycles. The third-order valence-electron chi connectivity index (χ3n) is 3.35. The molecule has 2 N–H and O–H groups in total. The topological polar surface area (TPSA) is 97.2 Å². The fourth-order valence-electron chi connectivity index (χ4n) is 2.14. The van der Waals surface area contributed by atoms with E-state index in [4.69, 9.17) is 14.7 Å². The normalized spacial score (nSPS) is 16.4. The van der Waals surface area contributed by atoms with Crippen molar-refractivity contribution >= 4 is 17.6 Å². The van der Waals surface area contributed by atoms with E-state index >= 15 is 0 Å². The van der Waals surface area contributed by atoms with E-state index in [-0.39, 0.29) is 12.1 Å². The molecule has 124 valence electrons. The number of nitrogens with one attached hydrogen (secondary N) is 1. The van der Waals surface area contributed by atoms with Gasteiger partial charge in [0.2, 0.25) is 0 Å². The Morgan fingerprint density at radius 2 is 2.22 bits per heavy atom. The summed E-state index contributed by atoms with van der Waals surface area (Å²) in [6, 6.07) is 7.48. The lowest BCUT2D eigenvalue weighted by Gasteiger charge is -2.14. The van der Waals surface area contributed by atoms with Crippen LogP contribution in [0.4, 0.5) is 0 Å². The summed E-state index contributed by atoms with van der Waals surface area (Å²) in [7, 11) is 0. The van der Waals surface area contributed by atoms with Crippen molar-refractivity contribution in [3.05, 3.63) is 29.8 Å². The molecule has 0 bridgehead atoms. The Morgan fingerprint density at radius 1 is 1.43 bits per heavy atom. The number of benzene rings is 1. The minimum absolute atomic E-state index is 0.180. The highest BCUT2D eigenvalue weighted by Gasteiger charge is 2.29. The highest BCUT2D eigenvalue weighted by atomic mass is 16.6. The molecule has 0 saturated carbocycles. The van der Waals surface area contributed by atoms with E-state index in [1.807, 2.05) is 24.3 Å². The van der Waals surface area contributed by atoms with Gasteiger partial charge in [0.05, 0.1) is 6.61 Å². The number of rotatable bonds is 8. The molecular weight excluding hydrogens is 300 g/mol. The van der Waals surface area contributed by atoms with E-state index in [0.717, 1.165) is 18.4 Å². The third-order valence-corrected chi connectivity index (χ3v) is 3.35. The molecule has 23 heavy (non-hydrogen) atoms. The lowest BCUT2D eigenvalue weighted by atomic mass is 10.0. The van der Waals surface area contributed by atoms with Crippen molar-refractivity contribution in [1.82, 2.24) is 5.32 Å². The summed E-state index contributed by atoms with van der Waals surface area (Å²) in [5, 5.41) is 14.6. The van der Waals surface area contributed by atoms with Crippen molar-refractivity contribution in [2.45, 2.75) is 32.3 Å². The average Bonchev–Trinajstić information content (AvgIpc) is 3.03. The second kappa shape index (κ2) is 8.17. The Hall–Kier alpha value is -2.57. The van der Waals surface area contributed by atoms with Gasteiger partial charge in [-0.05, 0) is 12.5 Å². The number of carboxylic acids is 1. The van der Waals surface area contributed by atoms with E-state index in [9.17, 15) is 9.59 Å². The molecule has 1 unspecified atom stereocenters. The van der Waals surface area contributed by atoms with Crippen molar-refractivity contribution < 1.29 is 24.3 Å². The molecule has 0 spiro atoms. The van der Waals surface area contributed by atoms with Crippen molar-refractivity contribution in [2.24, 2.45) is 5.16 Å². The van der Waals surface area contributed by atoms with Gasteiger partial charge in [0, 0.05) is 12.0 Å². The van der Waals surface area contributed by atoms with Gasteiger partial charge < -0.3 is 20.0 Å². The molecule has 7 heteroatoms. The quantitative estimate of drug-likeness (QED) is 0.713. The first kappa shape index (κ1) is 16.8. The molecule has 1 amide bonds. The van der Waals surface area contributed by atoms with Gasteiger partial charge in [-0.2, -0.15) is 0 Å². The van der Waals surface area contributed by atoms with Crippen molar-refractivity contribution in [2.75, 3.05) is 13.2 Å². The number of hydrogen-bond acceptors (Lipinski definition) is 5. The number of para-hydroxylation sites is 1. The molecule has 2 rings (SSSR count). The third kappa shape index (κ3) is 4.70. The second-order valence-electron chi connectivity index (χ2n) is 5.15. The molecule has 1 aromatic rings. The average molecular weight is 320 g/mol. The van der Waals surface area contributed by atoms with E-state index in [1.165, 1.54) is 0 Å². The number of carbonyl (C=O) groups is 2. The second-order valence-corrected chi connectivity index (χ2v) is 5.15. The van der Waals surface area contributed by atoms with Crippen molar-refractivity contribution in [1.29, 1.82) is 0 Å². The first-order valence-electron chi connectivity index (χ1n) is 7.56. The number of nitrogens with zero attached hydrogens (tertiary/aromatic N) is 1. The zero-order valence-corrected chi connectivity index (χ0v) is 12.9. The van der Waals surface area contributed by atoms with E-state index < -0.39 is 24.5 Å². The molecule has 0 fully saturated rings. The minimum atomic E-state index is -1.11. The predicted molar refractivity (Wildman–Crippen MR) is 83.4 cm³/mol. The number of unbranched alkanes of at least 4 members (excludes halogenated alkanes) is 1. The maximum absolute atomic E-state index is 11.8. The Labute approximate surface area is 134 Å². The molecular formula is C16H20N2O5. The number of amides is 1. The highest BCUT2D eigenvalue weighted by molar-refractivity contribution is 6.39. The van der Waals surface area contributed by atoms with Crippen LogP contribution in [-0.4, -0.2) is 35.8 Å². The van der Waals surface area contributed by atoms with Crippen molar-refractivity contribution in [3.63, 3.8) is 0 Å². The molecule has 1 aliphatic heterocycles. The molecule has 7 nitrogen and oxygen atoms in total. The van der Waals surface area contributed by atoms with Crippen LogP contribution >= 0.6 is 0 Å². The summed E-state index contributed by atoms with van der Waals surface area (Å²) < 4.78 is 5.76. The summed E-state index contributed by atoms with van der Waals surface area (Å²) in [5.41, 5.74) is 1.01. The van der Waals surface area contributed by atoms with Gasteiger partial charge in [0.15, 0.2) is 6.10 Å². The smallest absolute Gasteiger partial charge is 0.322 e. The first-order chi connectivity index (χ1) is 11.1. The van der Waals surface area contributed by atoms with E-state index in [1.54, 1.807) is 0 Å². The van der Waals surface area contributed by atoms with Gasteiger partial charge in [-0.15, -0.1) is 0 Å². The molecule has 0 aromatic heterocycles. The lowest BCUT2D eigenvalue weighted by Crippen LogP contribution is -2.34. The van der Waals surface area contributed by atoms with Crippen LogP contribution < -0.4 is 10.1 Å². The maximum Gasteiger partial charge on any atom is 0.322 e. The van der Waals surface area contributed by atoms with Crippen molar-refractivity contribution in [3.8, 4) is 5.75 Å². The molecule has 0 radical (unpaired) electrons. The van der Waals surface area contributed by atoms with E-state index in [0.29, 0.717) is 12.4 Å². The molecule has 0 saturated heterocycles. The number of aliphatic carboxylic acids is 1. The summed E-state index contributed by atoms with van der Waals surface area (Å²) in [6.07, 6.45) is 1.87. The van der Waals surface area contributed by atoms with Crippen LogP contribution in [0.2, 0.25) is 0 Å². The predicted octanol–water partition coefficient (Wildman–Crippen LogP) is 1.88. The van der Waals surface area contributed by atoms with Crippen LogP contribution in [0.3, 0.4) is 0 Å². The van der Waals surface area contributed by atoms with Gasteiger partial charge in [-0.3, -0.25) is 9.59 Å². The number of ether oxygens (including phenoxy) is 1. The van der Waals surface area contributed by atoms with Crippen LogP contribution in [0.1, 0.15) is 37.9 Å². The molecule has 1 atom stereocenters. The van der Waals surface area contributed by atoms with Gasteiger partial charge in [-0.1, -0.05) is 36.7 Å². The van der Waals surface area contributed by atoms with Crippen LogP contribution in [0.15, 0.2) is 29.4 Å². The molecule has 1 aliphatic rings. The van der Waals surface area contributed by atoms with E-state index in [2.05, 4.69) is 17.4 Å². The minimum Gasteiger partial charge on any atom is -0.493 e. The van der Waals surface area contributed by atoms with Crippen LogP contribution in [0.25, 0.3) is 0 Å². The Morgan fingerprint density at radius 3 is 2.96 bits per heavy atom. The number of carbonyl (C=O) groups excluding carboxylic acids is 1. The van der Waals surface area contributed by atoms with Crippen LogP contribution in [0.5, 0.6) is 5.75 Å². The Bertz CT molecular complexity index is 600. The monoisotopic (exact) mass is 320 g/mol. The van der Waals surface area contributed by atoms with Crippen LogP contribution in [-0.2, 0) is 14.4 Å². The lowest BCUT2D eigenvalue weighted by molar-refractivity contribution is -0.137. The molecule has 1 aromatic carbocycles. The number of oxime groups is 1. The summed E-state index contributed by atoms with van der Waals surface area (Å²) in [4.78, 5) is 27.6. The number of carboxylic acid groups (broad SMARTS) is 1. The largest absolute Gasteiger partial charge is 0.493 e. The van der Waals surface area contributed by atoms with Crippen LogP contribution in [0, 0.1) is 0 Å². The Balaban J connectivity index is 1.97. The standard InChI is InChI=1S/C16H20N2O5/c1-2-3-8-22-13-7-5-4-6-11(13)14-9-12(18-23-14)16(21)17-10-15(19)20/h4-7,14H,2-3,8-10H2,1H3,(H,17,21)(H,19,20). The number of hydrogen-bond donors (Lipinski definition) is 2. The summed E-state index contributed by atoms with van der Waals surface area (Å²) in [5.74, 6) is -0.920. The van der Waals surface area contributed by atoms with Gasteiger partial charge in [0.25, 0.3) is 5.91 Å². The fourth-order valence-corrected chi connectivity index (χ4v) is 2.14. The highest BCUT2D eigenvalue weighted by Crippen LogP contribution is 2.33. The fraction of sp³-hybridized carbons (Fsp3) is 0.438. The summed E-state index contributed by atoms with van der Waals surface area (Å²) in [6.45, 7) is 2.26. The Kier molecular flexibility index (Phi) is 5.96. The molecule has 0 aliphatic carbocycles. The summed E-state index contributed by atoms with van der Waals surface area (Å²) >= 11 is 0. The zero-order valence-electron chi connectivity index (χ0n) is 12.9. The van der Waals surface area contributed by atoms with Gasteiger partial charge >= 0.3 is 5.97 Å². The maximum atomic E-state index is 11.8. The SMILES string of the molecule is CCCCOc1ccccc1C1CC(C(=O)NCC(=O)O)=NO1.